The van der Waals surface area contributed by atoms with Crippen molar-refractivity contribution < 1.29 is 0 Å². The molecule has 4 heteroatoms. The van der Waals surface area contributed by atoms with E-state index in [1.807, 2.05) is 18.7 Å². The number of hydrogen-bond acceptors (Lipinski definition) is 2. The van der Waals surface area contributed by atoms with Gasteiger partial charge in [0.25, 0.3) is 0 Å². The first kappa shape index (κ1) is 11.7. The molecule has 0 aromatic carbocycles. The molecule has 0 saturated heterocycles. The van der Waals surface area contributed by atoms with Crippen molar-refractivity contribution in [3.8, 4) is 0 Å². The van der Waals surface area contributed by atoms with E-state index in [1.54, 1.807) is 0 Å². The monoisotopic (exact) mass is 215 g/mol. The lowest BCUT2D eigenvalue weighted by Gasteiger charge is -2.28. The molecule has 0 heterocycles. The van der Waals surface area contributed by atoms with Gasteiger partial charge in [0, 0.05) is 17.8 Å². The molecular formula is C10H21N3S. The van der Waals surface area contributed by atoms with Crippen molar-refractivity contribution in [3.05, 3.63) is 0 Å². The summed E-state index contributed by atoms with van der Waals surface area (Å²) < 4.78 is 0. The summed E-state index contributed by atoms with van der Waals surface area (Å²) in [5, 5.41) is 4.14. The van der Waals surface area contributed by atoms with E-state index in [0.29, 0.717) is 12.0 Å². The molecule has 0 radical (unpaired) electrons. The van der Waals surface area contributed by atoms with Crippen LogP contribution >= 0.6 is 11.8 Å². The number of nitrogens with zero attached hydrogens (tertiary/aromatic N) is 1. The molecule has 0 aliphatic heterocycles. The average Bonchev–Trinajstić information content (AvgIpc) is 2.19. The number of guanidine groups is 1. The minimum atomic E-state index is 0.550. The Morgan fingerprint density at radius 2 is 2.07 bits per heavy atom. The fourth-order valence-electron chi connectivity index (χ4n) is 1.87. The van der Waals surface area contributed by atoms with E-state index in [0.717, 1.165) is 11.8 Å². The van der Waals surface area contributed by atoms with Crippen LogP contribution in [0.4, 0.5) is 0 Å². The van der Waals surface area contributed by atoms with Crippen molar-refractivity contribution in [1.82, 2.24) is 5.32 Å². The second-order valence-corrected chi connectivity index (χ2v) is 4.85. The van der Waals surface area contributed by atoms with Crippen molar-refractivity contribution >= 4 is 17.7 Å². The predicted molar refractivity (Wildman–Crippen MR) is 64.9 cm³/mol. The molecule has 0 bridgehead atoms. The molecule has 1 rings (SSSR count). The maximum atomic E-state index is 5.72. The minimum absolute atomic E-state index is 0.550. The predicted octanol–water partition coefficient (Wildman–Crippen LogP) is 1.58. The molecule has 82 valence electrons. The standard InChI is InChI=1S/C10H21N3S/c1-3-12-10(11)13-8-4-6-9(14-2)7-5-8/h8-9H,3-7H2,1-2H3,(H3,11,12,13). The van der Waals surface area contributed by atoms with Gasteiger partial charge >= 0.3 is 0 Å². The zero-order valence-electron chi connectivity index (χ0n) is 9.12. The summed E-state index contributed by atoms with van der Waals surface area (Å²) >= 11 is 1.99. The topological polar surface area (TPSA) is 50.4 Å². The van der Waals surface area contributed by atoms with E-state index in [9.17, 15) is 0 Å². The smallest absolute Gasteiger partial charge is 0.188 e. The normalized spacial score (nSPS) is 28.9. The zero-order chi connectivity index (χ0) is 10.4. The van der Waals surface area contributed by atoms with Gasteiger partial charge < -0.3 is 11.1 Å². The quantitative estimate of drug-likeness (QED) is 0.555. The molecule has 0 aromatic heterocycles. The number of nitrogens with one attached hydrogen (secondary N) is 1. The van der Waals surface area contributed by atoms with Crippen LogP contribution < -0.4 is 11.1 Å². The molecule has 0 unspecified atom stereocenters. The van der Waals surface area contributed by atoms with Crippen LogP contribution in [0.25, 0.3) is 0 Å². The number of aliphatic imine (C=N–C) groups is 1. The zero-order valence-corrected chi connectivity index (χ0v) is 9.94. The third-order valence-electron chi connectivity index (χ3n) is 2.69. The van der Waals surface area contributed by atoms with E-state index in [4.69, 9.17) is 5.73 Å². The second kappa shape index (κ2) is 6.17. The van der Waals surface area contributed by atoms with Crippen LogP contribution in [0.1, 0.15) is 32.6 Å². The van der Waals surface area contributed by atoms with Gasteiger partial charge in [-0.1, -0.05) is 0 Å². The van der Waals surface area contributed by atoms with E-state index in [1.165, 1.54) is 25.7 Å². The summed E-state index contributed by atoms with van der Waals surface area (Å²) in [5.41, 5.74) is 5.72. The molecule has 0 aromatic rings. The number of hydrogen-bond donors (Lipinski definition) is 2. The first-order valence-electron chi connectivity index (χ1n) is 5.35. The lowest BCUT2D eigenvalue weighted by atomic mass is 9.95. The maximum absolute atomic E-state index is 5.72. The van der Waals surface area contributed by atoms with E-state index >= 15 is 0 Å². The molecule has 0 amide bonds. The summed E-state index contributed by atoms with van der Waals surface area (Å²) in [7, 11) is 0. The molecular weight excluding hydrogens is 194 g/mol. The summed E-state index contributed by atoms with van der Waals surface area (Å²) in [4.78, 5) is 4.14. The largest absolute Gasteiger partial charge is 0.370 e. The highest BCUT2D eigenvalue weighted by Crippen LogP contribution is 2.26. The van der Waals surface area contributed by atoms with Crippen LogP contribution in [-0.4, -0.2) is 30.1 Å². The van der Waals surface area contributed by atoms with Crippen LogP contribution in [0.15, 0.2) is 4.99 Å². The highest BCUT2D eigenvalue weighted by atomic mass is 32.2. The van der Waals surface area contributed by atoms with Gasteiger partial charge in [-0.25, -0.2) is 0 Å². The Kier molecular flexibility index (Phi) is 5.15. The number of nitrogens with two attached hydrogens (primary N) is 1. The van der Waals surface area contributed by atoms with Gasteiger partial charge in [0.15, 0.2) is 5.96 Å². The Labute approximate surface area is 90.9 Å². The highest BCUT2D eigenvalue weighted by Gasteiger charge is 2.20. The van der Waals surface area contributed by atoms with Crippen LogP contribution in [0.2, 0.25) is 0 Å². The third kappa shape index (κ3) is 3.78. The maximum Gasteiger partial charge on any atom is 0.188 e. The lowest BCUT2D eigenvalue weighted by Crippen LogP contribution is -2.42. The van der Waals surface area contributed by atoms with Crippen molar-refractivity contribution in [1.29, 1.82) is 0 Å². The molecule has 0 spiro atoms. The Morgan fingerprint density at radius 1 is 1.43 bits per heavy atom. The summed E-state index contributed by atoms with van der Waals surface area (Å²) in [6, 6.07) is 0.550. The summed E-state index contributed by atoms with van der Waals surface area (Å²) in [6.07, 6.45) is 7.26. The molecule has 14 heavy (non-hydrogen) atoms. The summed E-state index contributed by atoms with van der Waals surface area (Å²) in [6.45, 7) is 2.76. The van der Waals surface area contributed by atoms with Crippen molar-refractivity contribution in [2.45, 2.75) is 43.9 Å². The highest BCUT2D eigenvalue weighted by molar-refractivity contribution is 7.99. The van der Waals surface area contributed by atoms with Crippen molar-refractivity contribution in [2.75, 3.05) is 12.8 Å². The van der Waals surface area contributed by atoms with Crippen molar-refractivity contribution in [2.24, 2.45) is 10.7 Å². The van der Waals surface area contributed by atoms with Gasteiger partial charge in [0.2, 0.25) is 0 Å². The van der Waals surface area contributed by atoms with E-state index in [2.05, 4.69) is 16.6 Å². The fourth-order valence-corrected chi connectivity index (χ4v) is 2.61. The lowest BCUT2D eigenvalue weighted by molar-refractivity contribution is 0.420. The van der Waals surface area contributed by atoms with Gasteiger partial charge in [-0.2, -0.15) is 11.8 Å². The Balaban J connectivity index is 2.25. The third-order valence-corrected chi connectivity index (χ3v) is 3.83. The number of thioether (sulfide) groups is 1. The molecule has 3 N–H and O–H groups in total. The van der Waals surface area contributed by atoms with Gasteiger partial charge in [0.1, 0.15) is 0 Å². The van der Waals surface area contributed by atoms with E-state index in [-0.39, 0.29) is 0 Å². The second-order valence-electron chi connectivity index (χ2n) is 3.71. The van der Waals surface area contributed by atoms with Gasteiger partial charge in [-0.3, -0.25) is 4.99 Å². The molecule has 1 fully saturated rings. The van der Waals surface area contributed by atoms with Crippen LogP contribution in [-0.2, 0) is 0 Å². The Hall–Kier alpha value is -0.380. The van der Waals surface area contributed by atoms with Gasteiger partial charge in [-0.05, 0) is 38.9 Å². The SMILES string of the molecule is CCN=C(N)NC1CCC(SC)CC1. The van der Waals surface area contributed by atoms with Gasteiger partial charge in [0.05, 0.1) is 0 Å². The van der Waals surface area contributed by atoms with Crippen molar-refractivity contribution in [3.63, 3.8) is 0 Å². The van der Waals surface area contributed by atoms with Crippen LogP contribution in [0.5, 0.6) is 0 Å². The molecule has 1 aliphatic rings. The van der Waals surface area contributed by atoms with Crippen LogP contribution in [0.3, 0.4) is 0 Å². The summed E-state index contributed by atoms with van der Waals surface area (Å²) in [5.74, 6) is 0.611. The molecule has 0 atom stereocenters. The first-order valence-corrected chi connectivity index (χ1v) is 6.64. The Morgan fingerprint density at radius 3 is 2.57 bits per heavy atom. The average molecular weight is 215 g/mol. The molecule has 1 aliphatic carbocycles. The number of rotatable bonds is 3. The molecule has 3 nitrogen and oxygen atoms in total. The van der Waals surface area contributed by atoms with Gasteiger partial charge in [-0.15, -0.1) is 0 Å². The molecule has 1 saturated carbocycles. The van der Waals surface area contributed by atoms with E-state index < -0.39 is 0 Å². The van der Waals surface area contributed by atoms with Crippen LogP contribution in [0, 0.1) is 0 Å². The first-order chi connectivity index (χ1) is 6.76. The fraction of sp³-hybridized carbons (Fsp3) is 0.900. The Bertz CT molecular complexity index is 186. The minimum Gasteiger partial charge on any atom is -0.370 e.